The van der Waals surface area contributed by atoms with Gasteiger partial charge >= 0.3 is 0 Å². The molecule has 0 bridgehead atoms. The summed E-state index contributed by atoms with van der Waals surface area (Å²) in [5.41, 5.74) is 3.61. The van der Waals surface area contributed by atoms with Crippen LogP contribution in [0.4, 0.5) is 0 Å². The fourth-order valence-electron chi connectivity index (χ4n) is 2.18. The topological polar surface area (TPSA) is 88.2 Å². The number of imidazole rings is 1. The van der Waals surface area contributed by atoms with Gasteiger partial charge < -0.3 is 9.84 Å². The largest absolute Gasteiger partial charge is 0.507 e. The van der Waals surface area contributed by atoms with Crippen molar-refractivity contribution in [1.29, 1.82) is 0 Å². The van der Waals surface area contributed by atoms with Gasteiger partial charge in [-0.3, -0.25) is 9.20 Å². The molecule has 0 saturated heterocycles. The van der Waals surface area contributed by atoms with E-state index in [9.17, 15) is 9.90 Å². The highest BCUT2D eigenvalue weighted by Crippen LogP contribution is 2.22. The van der Waals surface area contributed by atoms with Gasteiger partial charge in [0, 0.05) is 29.4 Å². The molecule has 2 N–H and O–H groups in total. The average Bonchev–Trinajstić information content (AvgIpc) is 3.16. The molecular weight excluding hydrogens is 340 g/mol. The lowest BCUT2D eigenvalue weighted by Crippen LogP contribution is -2.19. The fourth-order valence-corrected chi connectivity index (χ4v) is 2.90. The van der Waals surface area contributed by atoms with Crippen LogP contribution >= 0.6 is 11.3 Å². The van der Waals surface area contributed by atoms with Crippen LogP contribution in [-0.4, -0.2) is 33.2 Å². The van der Waals surface area contributed by atoms with E-state index in [1.54, 1.807) is 12.1 Å². The van der Waals surface area contributed by atoms with Gasteiger partial charge in [0.1, 0.15) is 11.5 Å². The van der Waals surface area contributed by atoms with Gasteiger partial charge in [0.05, 0.1) is 24.9 Å². The minimum Gasteiger partial charge on any atom is -0.507 e. The Labute approximate surface area is 148 Å². The monoisotopic (exact) mass is 358 g/mol. The van der Waals surface area contributed by atoms with Crippen LogP contribution in [0.25, 0.3) is 4.96 Å². The number of amides is 1. The first kappa shape index (κ1) is 17.0. The van der Waals surface area contributed by atoms with Gasteiger partial charge in [-0.05, 0) is 18.6 Å². The predicted molar refractivity (Wildman–Crippen MR) is 96.4 cm³/mol. The third-order valence-corrected chi connectivity index (χ3v) is 4.12. The maximum absolute atomic E-state index is 11.9. The van der Waals surface area contributed by atoms with Crippen molar-refractivity contribution in [2.75, 3.05) is 6.61 Å². The first-order valence-electron chi connectivity index (χ1n) is 7.84. The number of carbonyl (C=O) groups excluding carboxylic acids is 1. The molecule has 0 saturated carbocycles. The van der Waals surface area contributed by atoms with Crippen LogP contribution in [0, 0.1) is 0 Å². The van der Waals surface area contributed by atoms with Gasteiger partial charge in [-0.2, -0.15) is 5.10 Å². The quantitative estimate of drug-likeness (QED) is 0.502. The summed E-state index contributed by atoms with van der Waals surface area (Å²) in [5, 5.41) is 15.8. The van der Waals surface area contributed by atoms with Crippen molar-refractivity contribution in [2.24, 2.45) is 5.10 Å². The number of hydrazone groups is 1. The van der Waals surface area contributed by atoms with Crippen molar-refractivity contribution in [3.8, 4) is 11.5 Å². The van der Waals surface area contributed by atoms with Crippen molar-refractivity contribution < 1.29 is 14.6 Å². The average molecular weight is 358 g/mol. The van der Waals surface area contributed by atoms with E-state index in [4.69, 9.17) is 4.74 Å². The first-order valence-corrected chi connectivity index (χ1v) is 8.72. The summed E-state index contributed by atoms with van der Waals surface area (Å²) in [5.74, 6) is 0.366. The summed E-state index contributed by atoms with van der Waals surface area (Å²) in [6.45, 7) is 2.60. The molecule has 0 atom stereocenters. The number of ether oxygens (including phenoxy) is 1. The molecule has 8 heteroatoms. The standard InChI is InChI=1S/C17H18N4O3S/c1-2-6-24-14-4-3-12(15(22)9-14)10-18-20-16(23)8-13-11-21-5-7-25-17(21)19-13/h3-5,7,9-11,22H,2,6,8H2,1H3,(H,20,23)/b18-10+. The lowest BCUT2D eigenvalue weighted by atomic mass is 10.2. The molecule has 0 unspecified atom stereocenters. The number of nitrogens with zero attached hydrogens (tertiary/aromatic N) is 3. The molecule has 7 nitrogen and oxygen atoms in total. The summed E-state index contributed by atoms with van der Waals surface area (Å²) in [6, 6.07) is 4.95. The molecule has 0 fully saturated rings. The van der Waals surface area contributed by atoms with Crippen molar-refractivity contribution in [1.82, 2.24) is 14.8 Å². The third kappa shape index (κ3) is 4.36. The molecule has 0 radical (unpaired) electrons. The third-order valence-electron chi connectivity index (χ3n) is 3.35. The van der Waals surface area contributed by atoms with E-state index >= 15 is 0 Å². The molecule has 130 valence electrons. The van der Waals surface area contributed by atoms with E-state index in [1.807, 2.05) is 29.1 Å². The molecule has 1 amide bonds. The SMILES string of the molecule is CCCOc1ccc(/C=N/NC(=O)Cc2cn3ccsc3n2)c(O)c1. The molecule has 2 aromatic heterocycles. The highest BCUT2D eigenvalue weighted by molar-refractivity contribution is 7.15. The Morgan fingerprint density at radius 2 is 2.40 bits per heavy atom. The molecule has 3 rings (SSSR count). The van der Waals surface area contributed by atoms with Gasteiger partial charge in [-0.1, -0.05) is 6.92 Å². The zero-order chi connectivity index (χ0) is 17.6. The Bertz CT molecular complexity index is 872. The van der Waals surface area contributed by atoms with E-state index in [0.29, 0.717) is 23.6 Å². The Balaban J connectivity index is 1.55. The van der Waals surface area contributed by atoms with Crippen LogP contribution in [0.15, 0.2) is 41.1 Å². The maximum Gasteiger partial charge on any atom is 0.246 e. The number of thiazole rings is 1. The zero-order valence-electron chi connectivity index (χ0n) is 13.7. The molecule has 25 heavy (non-hydrogen) atoms. The number of rotatable bonds is 7. The van der Waals surface area contributed by atoms with Gasteiger partial charge in [-0.15, -0.1) is 11.3 Å². The Morgan fingerprint density at radius 3 is 3.16 bits per heavy atom. The normalized spacial score (nSPS) is 11.2. The van der Waals surface area contributed by atoms with Crippen LogP contribution in [-0.2, 0) is 11.2 Å². The Kier molecular flexibility index (Phi) is 5.30. The zero-order valence-corrected chi connectivity index (χ0v) is 14.5. The second-order valence-corrected chi connectivity index (χ2v) is 6.24. The van der Waals surface area contributed by atoms with Gasteiger partial charge in [-0.25, -0.2) is 10.4 Å². The summed E-state index contributed by atoms with van der Waals surface area (Å²) < 4.78 is 7.31. The fraction of sp³-hybridized carbons (Fsp3) is 0.235. The smallest absolute Gasteiger partial charge is 0.246 e. The number of phenols is 1. The summed E-state index contributed by atoms with van der Waals surface area (Å²) >= 11 is 1.51. The first-order chi connectivity index (χ1) is 12.2. The van der Waals surface area contributed by atoms with E-state index in [1.165, 1.54) is 23.6 Å². The van der Waals surface area contributed by atoms with E-state index < -0.39 is 0 Å². The maximum atomic E-state index is 11.9. The van der Waals surface area contributed by atoms with E-state index in [0.717, 1.165) is 11.4 Å². The number of hydrogen-bond donors (Lipinski definition) is 2. The van der Waals surface area contributed by atoms with Gasteiger partial charge in [0.15, 0.2) is 4.96 Å². The highest BCUT2D eigenvalue weighted by Gasteiger charge is 2.08. The highest BCUT2D eigenvalue weighted by atomic mass is 32.1. The Hall–Kier alpha value is -2.87. The van der Waals surface area contributed by atoms with E-state index in [2.05, 4.69) is 15.5 Å². The number of aromatic nitrogens is 2. The molecule has 0 aliphatic carbocycles. The van der Waals surface area contributed by atoms with Crippen LogP contribution in [0.5, 0.6) is 11.5 Å². The predicted octanol–water partition coefficient (Wildman–Crippen LogP) is 2.58. The number of phenolic OH excluding ortho intramolecular Hbond substituents is 1. The number of fused-ring (bicyclic) bond motifs is 1. The number of aromatic hydroxyl groups is 1. The molecule has 2 heterocycles. The molecule has 3 aromatic rings. The second kappa shape index (κ2) is 7.80. The van der Waals surface area contributed by atoms with Crippen LogP contribution in [0.2, 0.25) is 0 Å². The number of nitrogens with one attached hydrogen (secondary N) is 1. The lowest BCUT2D eigenvalue weighted by molar-refractivity contribution is -0.120. The molecular formula is C17H18N4O3S. The van der Waals surface area contributed by atoms with Gasteiger partial charge in [0.2, 0.25) is 5.91 Å². The summed E-state index contributed by atoms with van der Waals surface area (Å²) in [4.78, 5) is 17.1. The van der Waals surface area contributed by atoms with Crippen LogP contribution < -0.4 is 10.2 Å². The van der Waals surface area contributed by atoms with Crippen molar-refractivity contribution in [3.05, 3.63) is 47.2 Å². The van der Waals surface area contributed by atoms with E-state index in [-0.39, 0.29) is 18.1 Å². The molecule has 1 aromatic carbocycles. The molecule has 0 aliphatic rings. The number of hydrogen-bond acceptors (Lipinski definition) is 6. The second-order valence-electron chi connectivity index (χ2n) is 5.36. The van der Waals surface area contributed by atoms with Crippen LogP contribution in [0.3, 0.4) is 0 Å². The Morgan fingerprint density at radius 1 is 1.52 bits per heavy atom. The number of benzene rings is 1. The minimum atomic E-state index is -0.274. The lowest BCUT2D eigenvalue weighted by Gasteiger charge is -2.06. The molecule has 0 spiro atoms. The minimum absolute atomic E-state index is 0.0425. The van der Waals surface area contributed by atoms with Crippen molar-refractivity contribution in [2.45, 2.75) is 19.8 Å². The molecule has 0 aliphatic heterocycles. The van der Waals surface area contributed by atoms with Crippen LogP contribution in [0.1, 0.15) is 24.6 Å². The number of carbonyl (C=O) groups is 1. The van der Waals surface area contributed by atoms with Crippen molar-refractivity contribution >= 4 is 28.4 Å². The summed E-state index contributed by atoms with van der Waals surface area (Å²) in [7, 11) is 0. The summed E-state index contributed by atoms with van der Waals surface area (Å²) in [6.07, 6.45) is 6.13. The van der Waals surface area contributed by atoms with Gasteiger partial charge in [0.25, 0.3) is 0 Å². The van der Waals surface area contributed by atoms with Crippen molar-refractivity contribution in [3.63, 3.8) is 0 Å².